The minimum absolute atomic E-state index is 1.03. The Kier molecular flexibility index (Phi) is 1.84. The lowest BCUT2D eigenvalue weighted by molar-refractivity contribution is 1.32. The summed E-state index contributed by atoms with van der Waals surface area (Å²) < 4.78 is 0. The Hall–Kier alpha value is -1.33. The summed E-state index contributed by atoms with van der Waals surface area (Å²) in [4.78, 5) is 3.90. The van der Waals surface area contributed by atoms with Crippen LogP contribution in [-0.4, -0.2) is 4.98 Å². The highest BCUT2D eigenvalue weighted by molar-refractivity contribution is 5.45. The van der Waals surface area contributed by atoms with E-state index in [-0.39, 0.29) is 0 Å². The average Bonchev–Trinajstić information content (AvgIpc) is 1.91. The van der Waals surface area contributed by atoms with Crippen LogP contribution in [0.25, 0.3) is 6.08 Å². The fraction of sp³-hybridized carbons (Fsp3) is 0. The average molecular weight is 117 g/mol. The van der Waals surface area contributed by atoms with E-state index >= 15 is 0 Å². The zero-order valence-electron chi connectivity index (χ0n) is 5.04. The predicted molar refractivity (Wildman–Crippen MR) is 37.8 cm³/mol. The highest BCUT2D eigenvalue weighted by atomic mass is 14.6. The molecule has 9 heavy (non-hydrogen) atoms. The summed E-state index contributed by atoms with van der Waals surface area (Å²) in [6, 6.07) is 3.83. The minimum atomic E-state index is 1.03. The lowest BCUT2D eigenvalue weighted by atomic mass is 10.3. The summed E-state index contributed by atoms with van der Waals surface area (Å²) in [5.41, 5.74) is 3.70. The van der Waals surface area contributed by atoms with Crippen molar-refractivity contribution in [2.24, 2.45) is 0 Å². The van der Waals surface area contributed by atoms with Gasteiger partial charge in [0, 0.05) is 18.0 Å². The zero-order valence-corrected chi connectivity index (χ0v) is 5.04. The third-order valence-electron chi connectivity index (χ3n) is 0.953. The van der Waals surface area contributed by atoms with Crippen LogP contribution in [-0.2, 0) is 0 Å². The number of aromatic nitrogens is 1. The summed E-state index contributed by atoms with van der Waals surface area (Å²) in [5, 5.41) is 0. The molecule has 1 heteroatoms. The van der Waals surface area contributed by atoms with Gasteiger partial charge >= 0.3 is 0 Å². The second kappa shape index (κ2) is 2.85. The lowest BCUT2D eigenvalue weighted by Crippen LogP contribution is -1.70. The van der Waals surface area contributed by atoms with Crippen molar-refractivity contribution in [1.29, 1.82) is 0 Å². The van der Waals surface area contributed by atoms with Gasteiger partial charge in [0.15, 0.2) is 0 Å². The van der Waals surface area contributed by atoms with Crippen LogP contribution in [0.15, 0.2) is 36.8 Å². The molecule has 0 N–H and O–H groups in total. The van der Waals surface area contributed by atoms with E-state index in [0.29, 0.717) is 0 Å². The first-order valence-electron chi connectivity index (χ1n) is 2.69. The molecule has 0 aliphatic heterocycles. The molecule has 0 bridgehead atoms. The molecule has 1 nitrogen and oxygen atoms in total. The van der Waals surface area contributed by atoms with E-state index in [0.717, 1.165) is 5.56 Å². The number of pyridine rings is 1. The van der Waals surface area contributed by atoms with Gasteiger partial charge in [-0.1, -0.05) is 12.6 Å². The molecule has 0 atom stereocenters. The molecule has 1 aromatic heterocycles. The van der Waals surface area contributed by atoms with Crippen molar-refractivity contribution >= 4 is 6.08 Å². The van der Waals surface area contributed by atoms with Crippen LogP contribution in [0, 0.1) is 0 Å². The second-order valence-corrected chi connectivity index (χ2v) is 1.63. The van der Waals surface area contributed by atoms with E-state index in [9.17, 15) is 0 Å². The van der Waals surface area contributed by atoms with Crippen LogP contribution in [0.5, 0.6) is 0 Å². The van der Waals surface area contributed by atoms with Crippen molar-refractivity contribution in [3.63, 3.8) is 0 Å². The third kappa shape index (κ3) is 1.56. The fourth-order valence-corrected chi connectivity index (χ4v) is 0.579. The van der Waals surface area contributed by atoms with Crippen molar-refractivity contribution in [1.82, 2.24) is 4.98 Å². The van der Waals surface area contributed by atoms with Crippen molar-refractivity contribution < 1.29 is 0 Å². The van der Waals surface area contributed by atoms with E-state index < -0.39 is 0 Å². The quantitative estimate of drug-likeness (QED) is 0.512. The Bertz CT molecular complexity index is 220. The van der Waals surface area contributed by atoms with Gasteiger partial charge in [0.1, 0.15) is 0 Å². The van der Waals surface area contributed by atoms with E-state index in [4.69, 9.17) is 0 Å². The van der Waals surface area contributed by atoms with Crippen LogP contribution in [0.1, 0.15) is 5.56 Å². The largest absolute Gasteiger partial charge is 0.264 e. The smallest absolute Gasteiger partial charge is 0.0346 e. The van der Waals surface area contributed by atoms with Gasteiger partial charge in [-0.3, -0.25) is 4.98 Å². The number of hydrogen-bond donors (Lipinski definition) is 0. The van der Waals surface area contributed by atoms with Crippen molar-refractivity contribution in [2.45, 2.75) is 0 Å². The first-order chi connectivity index (χ1) is 4.43. The van der Waals surface area contributed by atoms with Gasteiger partial charge in [0.25, 0.3) is 0 Å². The molecule has 0 fully saturated rings. The standard InChI is InChI=1S/C8H7N/c1-2-4-8-5-3-6-9-7-8/h3-7H,1H2. The highest BCUT2D eigenvalue weighted by Crippen LogP contribution is 1.95. The van der Waals surface area contributed by atoms with Crippen LogP contribution < -0.4 is 0 Å². The zero-order chi connectivity index (χ0) is 6.53. The fourth-order valence-electron chi connectivity index (χ4n) is 0.579. The van der Waals surface area contributed by atoms with Gasteiger partial charge in [-0.25, -0.2) is 0 Å². The molecule has 0 spiro atoms. The van der Waals surface area contributed by atoms with Crippen molar-refractivity contribution in [2.75, 3.05) is 0 Å². The van der Waals surface area contributed by atoms with Gasteiger partial charge in [-0.05, 0) is 12.1 Å². The van der Waals surface area contributed by atoms with E-state index in [2.05, 4.69) is 17.3 Å². The number of nitrogens with zero attached hydrogens (tertiary/aromatic N) is 1. The Morgan fingerprint density at radius 1 is 1.67 bits per heavy atom. The van der Waals surface area contributed by atoms with Gasteiger partial charge in [0.05, 0.1) is 0 Å². The Balaban J connectivity index is 2.97. The maximum Gasteiger partial charge on any atom is 0.0346 e. The summed E-state index contributed by atoms with van der Waals surface area (Å²) in [6.07, 6.45) is 5.28. The molecular formula is C8H7N. The Morgan fingerprint density at radius 2 is 2.56 bits per heavy atom. The molecule has 44 valence electrons. The molecule has 1 rings (SSSR count). The van der Waals surface area contributed by atoms with Gasteiger partial charge in [0.2, 0.25) is 0 Å². The van der Waals surface area contributed by atoms with Crippen LogP contribution in [0.3, 0.4) is 0 Å². The van der Waals surface area contributed by atoms with Crippen LogP contribution >= 0.6 is 0 Å². The van der Waals surface area contributed by atoms with Gasteiger partial charge < -0.3 is 0 Å². The maximum absolute atomic E-state index is 3.90. The summed E-state index contributed by atoms with van der Waals surface area (Å²) in [6.45, 7) is 3.45. The Morgan fingerprint density at radius 3 is 3.11 bits per heavy atom. The van der Waals surface area contributed by atoms with Gasteiger partial charge in [-0.15, -0.1) is 5.73 Å². The lowest BCUT2D eigenvalue weighted by Gasteiger charge is -1.84. The van der Waals surface area contributed by atoms with E-state index in [1.807, 2.05) is 12.1 Å². The molecule has 0 aliphatic rings. The summed E-state index contributed by atoms with van der Waals surface area (Å²) in [5.74, 6) is 0. The third-order valence-corrected chi connectivity index (χ3v) is 0.953. The summed E-state index contributed by atoms with van der Waals surface area (Å²) >= 11 is 0. The van der Waals surface area contributed by atoms with Crippen molar-refractivity contribution in [3.8, 4) is 0 Å². The molecule has 0 radical (unpaired) electrons. The molecule has 1 heterocycles. The first-order valence-corrected chi connectivity index (χ1v) is 2.69. The molecule has 0 saturated carbocycles. The molecule has 0 aliphatic carbocycles. The molecule has 0 unspecified atom stereocenters. The van der Waals surface area contributed by atoms with E-state index in [1.54, 1.807) is 18.5 Å². The van der Waals surface area contributed by atoms with Crippen molar-refractivity contribution in [3.05, 3.63) is 42.4 Å². The molecule has 0 amide bonds. The minimum Gasteiger partial charge on any atom is -0.264 e. The normalized spacial score (nSPS) is 8.00. The SMILES string of the molecule is C=C=Cc1cccnc1. The van der Waals surface area contributed by atoms with Gasteiger partial charge in [-0.2, -0.15) is 0 Å². The monoisotopic (exact) mass is 117 g/mol. The predicted octanol–water partition coefficient (Wildman–Crippen LogP) is 1.88. The number of hydrogen-bond acceptors (Lipinski definition) is 1. The van der Waals surface area contributed by atoms with E-state index in [1.165, 1.54) is 0 Å². The molecule has 0 aromatic carbocycles. The van der Waals surface area contributed by atoms with Crippen LogP contribution in [0.4, 0.5) is 0 Å². The highest BCUT2D eigenvalue weighted by Gasteiger charge is 1.78. The molecular weight excluding hydrogens is 110 g/mol. The van der Waals surface area contributed by atoms with Crippen LogP contribution in [0.2, 0.25) is 0 Å². The number of rotatable bonds is 1. The molecule has 0 saturated heterocycles. The first kappa shape index (κ1) is 5.80. The topological polar surface area (TPSA) is 12.9 Å². The second-order valence-electron chi connectivity index (χ2n) is 1.63. The summed E-state index contributed by atoms with van der Waals surface area (Å²) in [7, 11) is 0. The Labute approximate surface area is 54.4 Å². The maximum atomic E-state index is 3.90. The molecule has 1 aromatic rings.